The average Bonchev–Trinajstić information content (AvgIpc) is 2.91. The van der Waals surface area contributed by atoms with Crippen LogP contribution in [0, 0.1) is 11.8 Å². The van der Waals surface area contributed by atoms with E-state index in [0.717, 1.165) is 0 Å². The van der Waals surface area contributed by atoms with Gasteiger partial charge in [-0.3, -0.25) is 9.59 Å². The Morgan fingerprint density at radius 3 is 3.00 bits per heavy atom. The second-order valence-corrected chi connectivity index (χ2v) is 5.05. The van der Waals surface area contributed by atoms with Gasteiger partial charge in [-0.1, -0.05) is 17.7 Å². The van der Waals surface area contributed by atoms with Crippen molar-refractivity contribution in [1.82, 2.24) is 15.2 Å². The van der Waals surface area contributed by atoms with Crippen molar-refractivity contribution in [1.29, 1.82) is 0 Å². The first-order valence-electron chi connectivity index (χ1n) is 5.84. The summed E-state index contributed by atoms with van der Waals surface area (Å²) in [4.78, 5) is 29.4. The van der Waals surface area contributed by atoms with Gasteiger partial charge in [0.25, 0.3) is 5.91 Å². The number of nitrogens with zero attached hydrogens (tertiary/aromatic N) is 2. The lowest BCUT2D eigenvalue weighted by Gasteiger charge is -2.16. The number of amides is 2. The highest BCUT2D eigenvalue weighted by Crippen LogP contribution is 2.28. The lowest BCUT2D eigenvalue weighted by Crippen LogP contribution is -2.33. The lowest BCUT2D eigenvalue weighted by atomic mass is 10.0. The van der Waals surface area contributed by atoms with E-state index in [1.165, 1.54) is 0 Å². The predicted molar refractivity (Wildman–Crippen MR) is 65.1 cm³/mol. The minimum Gasteiger partial charge on any atom is -0.355 e. The van der Waals surface area contributed by atoms with E-state index in [9.17, 15) is 9.59 Å². The Morgan fingerprint density at radius 1 is 1.44 bits per heavy atom. The molecule has 2 aliphatic heterocycles. The van der Waals surface area contributed by atoms with Crippen LogP contribution in [-0.4, -0.2) is 41.3 Å². The lowest BCUT2D eigenvalue weighted by molar-refractivity contribution is -0.122. The van der Waals surface area contributed by atoms with Crippen LogP contribution < -0.4 is 5.32 Å². The van der Waals surface area contributed by atoms with Crippen molar-refractivity contribution in [2.24, 2.45) is 11.8 Å². The molecule has 0 radical (unpaired) electrons. The highest BCUT2D eigenvalue weighted by atomic mass is 35.5. The van der Waals surface area contributed by atoms with Crippen LogP contribution in [0.15, 0.2) is 18.2 Å². The fraction of sp³-hybridized carbons (Fsp3) is 0.417. The minimum atomic E-state index is -0.153. The summed E-state index contributed by atoms with van der Waals surface area (Å²) in [6.45, 7) is 1.75. The number of rotatable bonds is 1. The molecular weight excluding hydrogens is 254 g/mol. The Kier molecular flexibility index (Phi) is 2.70. The third-order valence-electron chi connectivity index (χ3n) is 3.54. The number of hydrogen-bond donors (Lipinski definition) is 1. The molecule has 0 aliphatic carbocycles. The Morgan fingerprint density at radius 2 is 2.28 bits per heavy atom. The largest absolute Gasteiger partial charge is 0.355 e. The molecule has 1 aromatic heterocycles. The van der Waals surface area contributed by atoms with Crippen LogP contribution in [0.4, 0.5) is 0 Å². The number of aromatic nitrogens is 1. The molecule has 0 saturated carbocycles. The second-order valence-electron chi connectivity index (χ2n) is 4.67. The Balaban J connectivity index is 1.77. The summed E-state index contributed by atoms with van der Waals surface area (Å²) in [7, 11) is 0. The fourth-order valence-corrected chi connectivity index (χ4v) is 2.76. The summed E-state index contributed by atoms with van der Waals surface area (Å²) in [5.41, 5.74) is 0.336. The summed E-state index contributed by atoms with van der Waals surface area (Å²) in [5, 5.41) is 3.12. The normalized spacial score (nSPS) is 26.1. The quantitative estimate of drug-likeness (QED) is 0.755. The highest BCUT2D eigenvalue weighted by Gasteiger charge is 2.43. The molecule has 1 N–H and O–H groups in total. The van der Waals surface area contributed by atoms with Crippen molar-refractivity contribution in [3.63, 3.8) is 0 Å². The van der Waals surface area contributed by atoms with Crippen LogP contribution in [0.3, 0.4) is 0 Å². The van der Waals surface area contributed by atoms with Gasteiger partial charge in [0.15, 0.2) is 0 Å². The standard InChI is InChI=1S/C12H12ClN3O2/c13-10-3-1-2-9(15-10)12(18)16-5-7-4-14-11(17)8(7)6-16/h1-3,7-8H,4-6H2,(H,14,17)/t7-,8+/m1/s1. The molecule has 6 heteroatoms. The zero-order valence-electron chi connectivity index (χ0n) is 9.60. The van der Waals surface area contributed by atoms with Gasteiger partial charge < -0.3 is 10.2 Å². The van der Waals surface area contributed by atoms with Gasteiger partial charge in [-0.25, -0.2) is 4.98 Å². The van der Waals surface area contributed by atoms with E-state index in [4.69, 9.17) is 11.6 Å². The number of carbonyl (C=O) groups is 2. The molecule has 3 heterocycles. The van der Waals surface area contributed by atoms with E-state index in [1.54, 1.807) is 23.1 Å². The Bertz CT molecular complexity index is 520. The maximum absolute atomic E-state index is 12.2. The molecule has 2 aliphatic rings. The summed E-state index contributed by atoms with van der Waals surface area (Å²) in [6, 6.07) is 4.97. The van der Waals surface area contributed by atoms with Gasteiger partial charge in [0.1, 0.15) is 10.8 Å². The molecule has 2 amide bonds. The first kappa shape index (κ1) is 11.5. The van der Waals surface area contributed by atoms with Crippen LogP contribution in [0.25, 0.3) is 0 Å². The van der Waals surface area contributed by atoms with Crippen LogP contribution in [0.1, 0.15) is 10.5 Å². The minimum absolute atomic E-state index is 0.0503. The molecule has 0 spiro atoms. The molecule has 94 valence electrons. The van der Waals surface area contributed by atoms with Crippen LogP contribution in [0.5, 0.6) is 0 Å². The molecule has 0 unspecified atom stereocenters. The molecule has 0 bridgehead atoms. The molecule has 1 aromatic rings. The predicted octanol–water partition coefficient (Wildman–Crippen LogP) is 0.553. The van der Waals surface area contributed by atoms with Crippen LogP contribution >= 0.6 is 11.6 Å². The maximum atomic E-state index is 12.2. The van der Waals surface area contributed by atoms with E-state index in [-0.39, 0.29) is 23.7 Å². The monoisotopic (exact) mass is 265 g/mol. The van der Waals surface area contributed by atoms with Crippen molar-refractivity contribution in [3.05, 3.63) is 29.0 Å². The van der Waals surface area contributed by atoms with Crippen LogP contribution in [-0.2, 0) is 4.79 Å². The molecule has 0 aromatic carbocycles. The molecule has 3 rings (SSSR count). The van der Waals surface area contributed by atoms with Gasteiger partial charge >= 0.3 is 0 Å². The molecule has 2 atom stereocenters. The van der Waals surface area contributed by atoms with Gasteiger partial charge in [0.05, 0.1) is 5.92 Å². The highest BCUT2D eigenvalue weighted by molar-refractivity contribution is 6.29. The van der Waals surface area contributed by atoms with E-state index in [1.807, 2.05) is 0 Å². The number of carbonyl (C=O) groups excluding carboxylic acids is 2. The number of pyridine rings is 1. The second kappa shape index (κ2) is 4.24. The van der Waals surface area contributed by atoms with E-state index in [2.05, 4.69) is 10.3 Å². The third kappa shape index (κ3) is 1.84. The Labute approximate surface area is 109 Å². The maximum Gasteiger partial charge on any atom is 0.272 e. The molecule has 5 nitrogen and oxygen atoms in total. The van der Waals surface area contributed by atoms with E-state index >= 15 is 0 Å². The number of fused-ring (bicyclic) bond motifs is 1. The molecule has 2 saturated heterocycles. The molecule has 18 heavy (non-hydrogen) atoms. The van der Waals surface area contributed by atoms with Crippen molar-refractivity contribution in [2.45, 2.75) is 0 Å². The zero-order chi connectivity index (χ0) is 12.7. The van der Waals surface area contributed by atoms with Crippen molar-refractivity contribution in [2.75, 3.05) is 19.6 Å². The zero-order valence-corrected chi connectivity index (χ0v) is 10.4. The number of nitrogens with one attached hydrogen (secondary N) is 1. The first-order chi connectivity index (χ1) is 8.65. The molecule has 2 fully saturated rings. The van der Waals surface area contributed by atoms with Crippen molar-refractivity contribution >= 4 is 23.4 Å². The van der Waals surface area contributed by atoms with Crippen LogP contribution in [0.2, 0.25) is 5.15 Å². The summed E-state index contributed by atoms with van der Waals surface area (Å²) >= 11 is 5.77. The first-order valence-corrected chi connectivity index (χ1v) is 6.22. The van der Waals surface area contributed by atoms with Gasteiger partial charge in [0.2, 0.25) is 5.91 Å². The third-order valence-corrected chi connectivity index (χ3v) is 3.75. The number of hydrogen-bond acceptors (Lipinski definition) is 3. The smallest absolute Gasteiger partial charge is 0.272 e. The fourth-order valence-electron chi connectivity index (χ4n) is 2.59. The van der Waals surface area contributed by atoms with E-state index in [0.29, 0.717) is 30.5 Å². The summed E-state index contributed by atoms with van der Waals surface area (Å²) < 4.78 is 0. The summed E-state index contributed by atoms with van der Waals surface area (Å²) in [5.74, 6) is 0.0721. The summed E-state index contributed by atoms with van der Waals surface area (Å²) in [6.07, 6.45) is 0. The topological polar surface area (TPSA) is 62.3 Å². The Hall–Kier alpha value is -1.62. The van der Waals surface area contributed by atoms with Gasteiger partial charge in [-0.15, -0.1) is 0 Å². The average molecular weight is 266 g/mol. The number of halogens is 1. The van der Waals surface area contributed by atoms with Gasteiger partial charge in [0, 0.05) is 25.6 Å². The SMILES string of the molecule is O=C1NC[C@@H]2CN(C(=O)c3cccc(Cl)n3)C[C@H]12. The van der Waals surface area contributed by atoms with E-state index < -0.39 is 0 Å². The van der Waals surface area contributed by atoms with Crippen molar-refractivity contribution < 1.29 is 9.59 Å². The van der Waals surface area contributed by atoms with Gasteiger partial charge in [-0.05, 0) is 12.1 Å². The van der Waals surface area contributed by atoms with Gasteiger partial charge in [-0.2, -0.15) is 0 Å². The van der Waals surface area contributed by atoms with Crippen molar-refractivity contribution in [3.8, 4) is 0 Å². The molecular formula is C12H12ClN3O2. The number of likely N-dealkylation sites (tertiary alicyclic amines) is 1.